The molecule has 2 heterocycles. The number of benzene rings is 1. The maximum atomic E-state index is 12.9. The second kappa shape index (κ2) is 8.55. The number of hydrogen-bond donors (Lipinski definition) is 0. The summed E-state index contributed by atoms with van der Waals surface area (Å²) in [4.78, 5) is 41.1. The third kappa shape index (κ3) is 4.24. The Hall–Kier alpha value is -2.68. The number of anilines is 1. The highest BCUT2D eigenvalue weighted by Gasteiger charge is 2.39. The van der Waals surface area contributed by atoms with E-state index in [9.17, 15) is 19.7 Å². The van der Waals surface area contributed by atoms with Gasteiger partial charge < -0.3 is 19.4 Å². The Morgan fingerprint density at radius 2 is 1.89 bits per heavy atom. The van der Waals surface area contributed by atoms with Gasteiger partial charge in [0.05, 0.1) is 23.5 Å². The van der Waals surface area contributed by atoms with Gasteiger partial charge in [0.25, 0.3) is 5.69 Å². The van der Waals surface area contributed by atoms with Gasteiger partial charge in [-0.15, -0.1) is 0 Å². The number of ether oxygens (including phenoxy) is 1. The van der Waals surface area contributed by atoms with Gasteiger partial charge in [0.1, 0.15) is 0 Å². The molecule has 0 bridgehead atoms. The van der Waals surface area contributed by atoms with Crippen molar-refractivity contribution < 1.29 is 19.2 Å². The lowest BCUT2D eigenvalue weighted by Crippen LogP contribution is -2.50. The van der Waals surface area contributed by atoms with Crippen LogP contribution in [0.2, 0.25) is 0 Å². The molecule has 0 saturated carbocycles. The largest absolute Gasteiger partial charge is 0.383 e. The quantitative estimate of drug-likeness (QED) is 0.534. The number of nitro benzene ring substituents is 1. The molecule has 2 amide bonds. The SMILES string of the molecule is COC[C@H](C)N1C[C@@H](C(=O)N2CCN(c3ccc([N+](=O)[O-])cc3)CC2)CC1=O. The summed E-state index contributed by atoms with van der Waals surface area (Å²) >= 11 is 0. The van der Waals surface area contributed by atoms with E-state index in [2.05, 4.69) is 4.90 Å². The zero-order chi connectivity index (χ0) is 20.3. The third-order valence-corrected chi connectivity index (χ3v) is 5.46. The number of likely N-dealkylation sites (tertiary alicyclic amines) is 1. The fourth-order valence-electron chi connectivity index (χ4n) is 3.88. The summed E-state index contributed by atoms with van der Waals surface area (Å²) in [5, 5.41) is 10.8. The lowest BCUT2D eigenvalue weighted by molar-refractivity contribution is -0.384. The molecule has 0 unspecified atom stereocenters. The maximum absolute atomic E-state index is 12.9. The van der Waals surface area contributed by atoms with Gasteiger partial charge in [0, 0.05) is 64.1 Å². The molecule has 2 aliphatic rings. The Morgan fingerprint density at radius 1 is 1.25 bits per heavy atom. The van der Waals surface area contributed by atoms with E-state index < -0.39 is 4.92 Å². The molecule has 2 atom stereocenters. The number of rotatable bonds is 6. The predicted molar refractivity (Wildman–Crippen MR) is 103 cm³/mol. The fourth-order valence-corrected chi connectivity index (χ4v) is 3.88. The first-order chi connectivity index (χ1) is 13.4. The van der Waals surface area contributed by atoms with Gasteiger partial charge in [-0.05, 0) is 19.1 Å². The molecule has 2 aliphatic heterocycles. The number of carbonyl (C=O) groups is 2. The second-order valence-corrected chi connectivity index (χ2v) is 7.34. The molecule has 9 nitrogen and oxygen atoms in total. The molecule has 1 aromatic carbocycles. The monoisotopic (exact) mass is 390 g/mol. The van der Waals surface area contributed by atoms with Gasteiger partial charge in [-0.2, -0.15) is 0 Å². The number of piperazine rings is 1. The summed E-state index contributed by atoms with van der Waals surface area (Å²) in [7, 11) is 1.60. The Balaban J connectivity index is 1.54. The molecule has 2 saturated heterocycles. The smallest absolute Gasteiger partial charge is 0.269 e. The van der Waals surface area contributed by atoms with Gasteiger partial charge in [-0.25, -0.2) is 0 Å². The summed E-state index contributed by atoms with van der Waals surface area (Å²) in [6, 6.07) is 6.43. The van der Waals surface area contributed by atoms with Crippen LogP contribution in [0.3, 0.4) is 0 Å². The highest BCUT2D eigenvalue weighted by Crippen LogP contribution is 2.25. The van der Waals surface area contributed by atoms with Crippen LogP contribution in [0, 0.1) is 16.0 Å². The Bertz CT molecular complexity index is 730. The minimum absolute atomic E-state index is 0.00687. The summed E-state index contributed by atoms with van der Waals surface area (Å²) in [6.45, 7) is 5.31. The van der Waals surface area contributed by atoms with Crippen LogP contribution in [0.1, 0.15) is 13.3 Å². The molecular weight excluding hydrogens is 364 g/mol. The van der Waals surface area contributed by atoms with Crippen molar-refractivity contribution in [1.82, 2.24) is 9.80 Å². The molecule has 0 N–H and O–H groups in total. The molecular formula is C19H26N4O5. The van der Waals surface area contributed by atoms with Crippen molar-refractivity contribution in [3.05, 3.63) is 34.4 Å². The van der Waals surface area contributed by atoms with E-state index in [1.807, 2.05) is 11.8 Å². The average Bonchev–Trinajstić information content (AvgIpc) is 3.09. The fraction of sp³-hybridized carbons (Fsp3) is 0.579. The number of amides is 2. The maximum Gasteiger partial charge on any atom is 0.269 e. The number of methoxy groups -OCH3 is 1. The molecule has 9 heteroatoms. The lowest BCUT2D eigenvalue weighted by Gasteiger charge is -2.37. The number of nitrogens with zero attached hydrogens (tertiary/aromatic N) is 4. The molecule has 3 rings (SSSR count). The van der Waals surface area contributed by atoms with Crippen molar-refractivity contribution in [3.8, 4) is 0 Å². The molecule has 0 aromatic heterocycles. The van der Waals surface area contributed by atoms with Gasteiger partial charge in [-0.1, -0.05) is 0 Å². The number of carbonyl (C=O) groups excluding carboxylic acids is 2. The van der Waals surface area contributed by atoms with Crippen LogP contribution >= 0.6 is 0 Å². The predicted octanol–water partition coefficient (Wildman–Crippen LogP) is 1.13. The molecule has 0 radical (unpaired) electrons. The molecule has 2 fully saturated rings. The van der Waals surface area contributed by atoms with Crippen molar-refractivity contribution >= 4 is 23.2 Å². The van der Waals surface area contributed by atoms with Crippen molar-refractivity contribution in [1.29, 1.82) is 0 Å². The van der Waals surface area contributed by atoms with E-state index >= 15 is 0 Å². The summed E-state index contributed by atoms with van der Waals surface area (Å²) < 4.78 is 5.12. The van der Waals surface area contributed by atoms with E-state index in [-0.39, 0.29) is 35.9 Å². The average molecular weight is 390 g/mol. The van der Waals surface area contributed by atoms with Crippen molar-refractivity contribution in [3.63, 3.8) is 0 Å². The number of nitro groups is 1. The van der Waals surface area contributed by atoms with Crippen LogP contribution in [-0.2, 0) is 14.3 Å². The van der Waals surface area contributed by atoms with Crippen LogP contribution in [0.15, 0.2) is 24.3 Å². The second-order valence-electron chi connectivity index (χ2n) is 7.34. The normalized spacial score (nSPS) is 21.1. The van der Waals surface area contributed by atoms with Crippen LogP contribution in [0.25, 0.3) is 0 Å². The Kier molecular flexibility index (Phi) is 6.13. The molecule has 1 aromatic rings. The minimum Gasteiger partial charge on any atom is -0.383 e. The van der Waals surface area contributed by atoms with E-state index in [1.54, 1.807) is 24.1 Å². The summed E-state index contributed by atoms with van der Waals surface area (Å²) in [5.74, 6) is -0.256. The van der Waals surface area contributed by atoms with Gasteiger partial charge >= 0.3 is 0 Å². The van der Waals surface area contributed by atoms with E-state index in [0.29, 0.717) is 39.3 Å². The first-order valence-corrected chi connectivity index (χ1v) is 9.47. The van der Waals surface area contributed by atoms with E-state index in [4.69, 9.17) is 4.74 Å². The van der Waals surface area contributed by atoms with Crippen LogP contribution < -0.4 is 4.90 Å². The van der Waals surface area contributed by atoms with Gasteiger partial charge in [0.2, 0.25) is 11.8 Å². The number of non-ortho nitro benzene ring substituents is 1. The van der Waals surface area contributed by atoms with Crippen molar-refractivity contribution in [2.24, 2.45) is 5.92 Å². The van der Waals surface area contributed by atoms with Gasteiger partial charge in [0.15, 0.2) is 0 Å². The van der Waals surface area contributed by atoms with Crippen molar-refractivity contribution in [2.75, 3.05) is 51.3 Å². The third-order valence-electron chi connectivity index (χ3n) is 5.46. The van der Waals surface area contributed by atoms with E-state index in [0.717, 1.165) is 5.69 Å². The minimum atomic E-state index is -0.417. The van der Waals surface area contributed by atoms with Crippen LogP contribution in [0.4, 0.5) is 11.4 Å². The summed E-state index contributed by atoms with van der Waals surface area (Å²) in [6.07, 6.45) is 0.259. The first kappa shape index (κ1) is 20.1. The first-order valence-electron chi connectivity index (χ1n) is 9.47. The Labute approximate surface area is 164 Å². The topological polar surface area (TPSA) is 96.2 Å². The molecule has 152 valence electrons. The van der Waals surface area contributed by atoms with Crippen molar-refractivity contribution in [2.45, 2.75) is 19.4 Å². The molecule has 28 heavy (non-hydrogen) atoms. The summed E-state index contributed by atoms with van der Waals surface area (Å²) in [5.41, 5.74) is 0.976. The molecule has 0 spiro atoms. The zero-order valence-electron chi connectivity index (χ0n) is 16.2. The highest BCUT2D eigenvalue weighted by atomic mass is 16.6. The van der Waals surface area contributed by atoms with Crippen LogP contribution in [0.5, 0.6) is 0 Å². The Morgan fingerprint density at radius 3 is 2.46 bits per heavy atom. The zero-order valence-corrected chi connectivity index (χ0v) is 16.2. The molecule has 0 aliphatic carbocycles. The highest BCUT2D eigenvalue weighted by molar-refractivity contribution is 5.89. The lowest BCUT2D eigenvalue weighted by atomic mass is 10.1. The van der Waals surface area contributed by atoms with Gasteiger partial charge in [-0.3, -0.25) is 19.7 Å². The standard InChI is InChI=1S/C19H26N4O5/c1-14(13-28-2)22-12-15(11-18(22)24)19(25)21-9-7-20(8-10-21)16-3-5-17(6-4-16)23(26)27/h3-6,14-15H,7-13H2,1-2H3/t14-,15-/m0/s1. The number of hydrogen-bond acceptors (Lipinski definition) is 6. The van der Waals surface area contributed by atoms with Crippen LogP contribution in [-0.4, -0.2) is 79.0 Å². The van der Waals surface area contributed by atoms with E-state index in [1.165, 1.54) is 12.1 Å².